The van der Waals surface area contributed by atoms with Gasteiger partial charge in [0, 0.05) is 18.3 Å². The monoisotopic (exact) mass is 406 g/mol. The van der Waals surface area contributed by atoms with Gasteiger partial charge < -0.3 is 9.64 Å². The summed E-state index contributed by atoms with van der Waals surface area (Å²) < 4.78 is 5.51. The first-order valence-corrected chi connectivity index (χ1v) is 7.77. The van der Waals surface area contributed by atoms with E-state index in [1.54, 1.807) is 6.07 Å². The summed E-state index contributed by atoms with van der Waals surface area (Å²) >= 11 is 6.64. The molecule has 20 heavy (non-hydrogen) atoms. The highest BCUT2D eigenvalue weighted by Gasteiger charge is 2.35. The minimum Gasteiger partial charge on any atom is -0.496 e. The van der Waals surface area contributed by atoms with Crippen LogP contribution in [0.15, 0.2) is 16.6 Å². The molecular weight excluding hydrogens is 396 g/mol. The Hall–Kier alpha value is -1.15. The highest BCUT2D eigenvalue weighted by molar-refractivity contribution is 9.10. The molecule has 8 heteroatoms. The Labute approximate surface area is 132 Å². The van der Waals surface area contributed by atoms with E-state index in [1.807, 2.05) is 0 Å². The first-order valence-electron chi connectivity index (χ1n) is 5.86. The highest BCUT2D eigenvalue weighted by atomic mass is 79.9. The molecule has 0 N–H and O–H groups in total. The number of alkyl halides is 1. The van der Waals surface area contributed by atoms with Crippen molar-refractivity contribution < 1.29 is 14.5 Å². The van der Waals surface area contributed by atoms with Crippen LogP contribution in [-0.2, 0) is 4.79 Å². The molecule has 6 nitrogen and oxygen atoms in total. The van der Waals surface area contributed by atoms with E-state index in [9.17, 15) is 14.9 Å². The van der Waals surface area contributed by atoms with Crippen molar-refractivity contribution in [1.29, 1.82) is 0 Å². The average Bonchev–Trinajstić information content (AvgIpc) is 2.78. The zero-order chi connectivity index (χ0) is 14.9. The van der Waals surface area contributed by atoms with Crippen LogP contribution in [0.3, 0.4) is 0 Å². The van der Waals surface area contributed by atoms with E-state index in [0.717, 1.165) is 0 Å². The smallest absolute Gasteiger partial charge is 0.297 e. The van der Waals surface area contributed by atoms with Crippen molar-refractivity contribution >= 4 is 49.1 Å². The van der Waals surface area contributed by atoms with E-state index in [1.165, 1.54) is 18.1 Å². The average molecular weight is 408 g/mol. The Kier molecular flexibility index (Phi) is 4.64. The third kappa shape index (κ3) is 2.80. The summed E-state index contributed by atoms with van der Waals surface area (Å²) in [5.74, 6) is 0.426. The van der Waals surface area contributed by atoms with Gasteiger partial charge in [0.2, 0.25) is 5.91 Å². The lowest BCUT2D eigenvalue weighted by atomic mass is 10.2. The van der Waals surface area contributed by atoms with E-state index in [0.29, 0.717) is 34.2 Å². The molecule has 1 amide bonds. The quantitative estimate of drug-likeness (QED) is 0.436. The number of halogens is 2. The molecule has 1 unspecified atom stereocenters. The van der Waals surface area contributed by atoms with Crippen LogP contribution >= 0.6 is 31.9 Å². The van der Waals surface area contributed by atoms with Gasteiger partial charge in [0.15, 0.2) is 0 Å². The lowest BCUT2D eigenvalue weighted by molar-refractivity contribution is -0.384. The summed E-state index contributed by atoms with van der Waals surface area (Å²) in [5.41, 5.74) is 0.157. The van der Waals surface area contributed by atoms with Gasteiger partial charge in [-0.25, -0.2) is 0 Å². The number of rotatable bonds is 4. The number of carbonyl (C=O) groups is 1. The van der Waals surface area contributed by atoms with Crippen LogP contribution in [0.2, 0.25) is 0 Å². The fourth-order valence-corrected chi connectivity index (χ4v) is 3.26. The lowest BCUT2D eigenvalue weighted by Crippen LogP contribution is -2.26. The lowest BCUT2D eigenvalue weighted by Gasteiger charge is -2.18. The summed E-state index contributed by atoms with van der Waals surface area (Å²) in [6, 6.07) is 2.95. The number of hydrogen-bond donors (Lipinski definition) is 0. The minimum atomic E-state index is -0.503. The fraction of sp³-hybridized carbons (Fsp3) is 0.417. The van der Waals surface area contributed by atoms with Crippen LogP contribution < -0.4 is 9.64 Å². The van der Waals surface area contributed by atoms with Crippen LogP contribution in [0, 0.1) is 16.0 Å². The summed E-state index contributed by atoms with van der Waals surface area (Å²) in [5, 5.41) is 11.9. The van der Waals surface area contributed by atoms with Gasteiger partial charge in [-0.1, -0.05) is 15.9 Å². The van der Waals surface area contributed by atoms with Crippen molar-refractivity contribution in [3.8, 4) is 5.75 Å². The van der Waals surface area contributed by atoms with Gasteiger partial charge in [0.25, 0.3) is 5.69 Å². The first-order chi connectivity index (χ1) is 9.47. The number of benzene rings is 1. The summed E-state index contributed by atoms with van der Waals surface area (Å²) in [7, 11) is 1.44. The van der Waals surface area contributed by atoms with E-state index < -0.39 is 4.92 Å². The molecule has 1 fully saturated rings. The van der Waals surface area contributed by atoms with Gasteiger partial charge in [-0.15, -0.1) is 0 Å². The van der Waals surface area contributed by atoms with Crippen molar-refractivity contribution in [3.63, 3.8) is 0 Å². The standard InChI is InChI=1S/C12H12Br2N2O4/c1-20-8-3-9(14)12(10(4-8)16(18)19)15-6-7(5-13)2-11(15)17/h3-4,7H,2,5-6H2,1H3. The van der Waals surface area contributed by atoms with Crippen molar-refractivity contribution in [2.75, 3.05) is 23.9 Å². The fourth-order valence-electron chi connectivity index (χ4n) is 2.19. The molecular formula is C12H12Br2N2O4. The molecule has 0 aromatic heterocycles. The number of nitrogens with zero attached hydrogens (tertiary/aromatic N) is 2. The van der Waals surface area contributed by atoms with Gasteiger partial charge in [-0.2, -0.15) is 0 Å². The number of carbonyl (C=O) groups excluding carboxylic acids is 1. The molecule has 1 aliphatic rings. The number of methoxy groups -OCH3 is 1. The molecule has 1 atom stereocenters. The molecule has 0 spiro atoms. The van der Waals surface area contributed by atoms with Crippen molar-refractivity contribution in [2.24, 2.45) is 5.92 Å². The zero-order valence-corrected chi connectivity index (χ0v) is 13.8. The summed E-state index contributed by atoms with van der Waals surface area (Å²) in [6.45, 7) is 0.468. The number of nitro groups is 1. The molecule has 108 valence electrons. The third-order valence-corrected chi connectivity index (χ3v) is 4.66. The second kappa shape index (κ2) is 6.09. The van der Waals surface area contributed by atoms with Crippen LogP contribution in [0.1, 0.15) is 6.42 Å². The minimum absolute atomic E-state index is 0.108. The molecule has 1 saturated heterocycles. The Bertz CT molecular complexity index is 565. The summed E-state index contributed by atoms with van der Waals surface area (Å²) in [4.78, 5) is 24.3. The Balaban J connectivity index is 2.50. The van der Waals surface area contributed by atoms with Crippen LogP contribution in [0.5, 0.6) is 5.75 Å². The van der Waals surface area contributed by atoms with Crippen LogP contribution in [0.25, 0.3) is 0 Å². The number of ether oxygens (including phenoxy) is 1. The van der Waals surface area contributed by atoms with Crippen molar-refractivity contribution in [3.05, 3.63) is 26.7 Å². The maximum atomic E-state index is 12.1. The van der Waals surface area contributed by atoms with Gasteiger partial charge in [-0.05, 0) is 27.9 Å². The van der Waals surface area contributed by atoms with E-state index in [2.05, 4.69) is 31.9 Å². The second-order valence-electron chi connectivity index (χ2n) is 4.46. The molecule has 1 aliphatic heterocycles. The molecule has 0 saturated carbocycles. The molecule has 2 rings (SSSR count). The first kappa shape index (κ1) is 15.2. The Morgan fingerprint density at radius 2 is 2.25 bits per heavy atom. The zero-order valence-electron chi connectivity index (χ0n) is 10.6. The van der Waals surface area contributed by atoms with Crippen molar-refractivity contribution in [2.45, 2.75) is 6.42 Å². The molecule has 0 aliphatic carbocycles. The molecule has 0 bridgehead atoms. The molecule has 1 aromatic carbocycles. The van der Waals surface area contributed by atoms with Crippen LogP contribution in [0.4, 0.5) is 11.4 Å². The van der Waals surface area contributed by atoms with E-state index in [4.69, 9.17) is 4.74 Å². The maximum Gasteiger partial charge on any atom is 0.297 e. The number of hydrogen-bond acceptors (Lipinski definition) is 4. The largest absolute Gasteiger partial charge is 0.496 e. The highest BCUT2D eigenvalue weighted by Crippen LogP contribution is 2.41. The summed E-state index contributed by atoms with van der Waals surface area (Å²) in [6.07, 6.45) is 0.390. The van der Waals surface area contributed by atoms with Gasteiger partial charge in [-0.3, -0.25) is 14.9 Å². The number of nitro benzene ring substituents is 1. The molecule has 0 radical (unpaired) electrons. The second-order valence-corrected chi connectivity index (χ2v) is 5.96. The SMILES string of the molecule is COc1cc(Br)c(N2CC(CBr)CC2=O)c([N+](=O)[O-])c1. The Morgan fingerprint density at radius 1 is 1.55 bits per heavy atom. The van der Waals surface area contributed by atoms with Gasteiger partial charge in [0.1, 0.15) is 11.4 Å². The van der Waals surface area contributed by atoms with Gasteiger partial charge >= 0.3 is 0 Å². The van der Waals surface area contributed by atoms with Crippen molar-refractivity contribution in [1.82, 2.24) is 0 Å². The van der Waals surface area contributed by atoms with E-state index in [-0.39, 0.29) is 17.5 Å². The maximum absolute atomic E-state index is 12.1. The number of anilines is 1. The normalized spacial score (nSPS) is 18.4. The molecule has 1 aromatic rings. The van der Waals surface area contributed by atoms with E-state index >= 15 is 0 Å². The van der Waals surface area contributed by atoms with Crippen LogP contribution in [-0.4, -0.2) is 29.8 Å². The predicted octanol–water partition coefficient (Wildman–Crippen LogP) is 3.11. The van der Waals surface area contributed by atoms with Gasteiger partial charge in [0.05, 0.1) is 22.6 Å². The topological polar surface area (TPSA) is 72.7 Å². The third-order valence-electron chi connectivity index (χ3n) is 3.14. The number of amides is 1. The molecule has 1 heterocycles. The Morgan fingerprint density at radius 3 is 2.75 bits per heavy atom. The predicted molar refractivity (Wildman–Crippen MR) is 81.6 cm³/mol.